The predicted octanol–water partition coefficient (Wildman–Crippen LogP) is 3.38. The zero-order chi connectivity index (χ0) is 22.8. The topological polar surface area (TPSA) is 68.1 Å². The number of rotatable bonds is 6. The zero-order valence-corrected chi connectivity index (χ0v) is 18.8. The van der Waals surface area contributed by atoms with E-state index >= 15 is 0 Å². The second-order valence-corrected chi connectivity index (χ2v) is 8.43. The number of hydrogen-bond donors (Lipinski definition) is 0. The molecule has 32 heavy (non-hydrogen) atoms. The molecule has 0 aliphatic heterocycles. The number of aromatic nitrogens is 1. The van der Waals surface area contributed by atoms with E-state index < -0.39 is 5.97 Å². The van der Waals surface area contributed by atoms with Gasteiger partial charge in [0.1, 0.15) is 4.83 Å². The summed E-state index contributed by atoms with van der Waals surface area (Å²) in [6.45, 7) is 1.91. The monoisotopic (exact) mass is 446 g/mol. The van der Waals surface area contributed by atoms with E-state index in [0.717, 1.165) is 11.3 Å². The van der Waals surface area contributed by atoms with Gasteiger partial charge in [-0.3, -0.25) is 14.0 Å². The first-order chi connectivity index (χ1) is 15.4. The molecule has 0 aliphatic carbocycles. The Morgan fingerprint density at radius 1 is 1.06 bits per heavy atom. The van der Waals surface area contributed by atoms with Gasteiger partial charge in [0.2, 0.25) is 5.78 Å². The van der Waals surface area contributed by atoms with Crippen LogP contribution in [0.25, 0.3) is 10.9 Å². The Labute approximate surface area is 189 Å². The summed E-state index contributed by atoms with van der Waals surface area (Å²) in [5.74, 6) is -0.881. The molecule has 0 saturated carbocycles. The lowest BCUT2D eigenvalue weighted by molar-refractivity contribution is 0.0529. The van der Waals surface area contributed by atoms with Crippen molar-refractivity contribution in [2.24, 2.45) is 0 Å². The molecule has 162 valence electrons. The first-order valence-corrected chi connectivity index (χ1v) is 11.0. The minimum absolute atomic E-state index is 0.151. The SMILES string of the molecule is CCOC(=O)c1cc(C(=O)c2ccccc2)n2c(=O)/c(=C\c3ccc(N(C)C)cc3)sc12. The van der Waals surface area contributed by atoms with Crippen molar-refractivity contribution in [3.63, 3.8) is 0 Å². The summed E-state index contributed by atoms with van der Waals surface area (Å²) in [6, 6.07) is 17.9. The maximum atomic E-state index is 13.3. The van der Waals surface area contributed by atoms with E-state index in [0.29, 0.717) is 14.9 Å². The molecule has 0 bridgehead atoms. The number of hydrogen-bond acceptors (Lipinski definition) is 6. The number of nitrogens with zero attached hydrogens (tertiary/aromatic N) is 2. The van der Waals surface area contributed by atoms with E-state index in [2.05, 4.69) is 0 Å². The van der Waals surface area contributed by atoms with Crippen molar-refractivity contribution in [1.82, 2.24) is 4.40 Å². The van der Waals surface area contributed by atoms with Crippen molar-refractivity contribution in [2.75, 3.05) is 25.6 Å². The average Bonchev–Trinajstić information content (AvgIpc) is 3.32. The fraction of sp³-hybridized carbons (Fsp3) is 0.160. The molecule has 0 atom stereocenters. The molecule has 0 radical (unpaired) electrons. The number of fused-ring (bicyclic) bond motifs is 1. The van der Waals surface area contributed by atoms with Gasteiger partial charge in [0.15, 0.2) is 0 Å². The van der Waals surface area contributed by atoms with Crippen LogP contribution in [0.15, 0.2) is 65.5 Å². The number of ether oxygens (including phenoxy) is 1. The van der Waals surface area contributed by atoms with E-state index in [9.17, 15) is 14.4 Å². The Bertz CT molecular complexity index is 1400. The highest BCUT2D eigenvalue weighted by Gasteiger charge is 2.24. The quantitative estimate of drug-likeness (QED) is 0.336. The van der Waals surface area contributed by atoms with Gasteiger partial charge in [0.25, 0.3) is 5.56 Å². The van der Waals surface area contributed by atoms with Gasteiger partial charge in [-0.05, 0) is 36.8 Å². The number of benzene rings is 2. The molecule has 0 amide bonds. The third kappa shape index (κ3) is 3.94. The molecule has 2 aromatic carbocycles. The van der Waals surface area contributed by atoms with Crippen molar-refractivity contribution >= 4 is 39.7 Å². The second-order valence-electron chi connectivity index (χ2n) is 7.40. The van der Waals surface area contributed by atoms with Crippen molar-refractivity contribution in [3.05, 3.63) is 97.9 Å². The van der Waals surface area contributed by atoms with E-state index in [1.807, 2.05) is 49.3 Å². The summed E-state index contributed by atoms with van der Waals surface area (Å²) in [7, 11) is 3.92. The van der Waals surface area contributed by atoms with Gasteiger partial charge in [-0.15, -0.1) is 11.3 Å². The first kappa shape index (κ1) is 21.5. The molecular formula is C25H22N2O4S. The van der Waals surface area contributed by atoms with Gasteiger partial charge in [-0.1, -0.05) is 42.5 Å². The molecule has 4 rings (SSSR count). The van der Waals surface area contributed by atoms with Crippen LogP contribution in [-0.4, -0.2) is 36.9 Å². The highest BCUT2D eigenvalue weighted by molar-refractivity contribution is 7.15. The van der Waals surface area contributed by atoms with Crippen LogP contribution in [0.4, 0.5) is 5.69 Å². The molecule has 2 heterocycles. The van der Waals surface area contributed by atoms with Gasteiger partial charge in [-0.2, -0.15) is 0 Å². The zero-order valence-electron chi connectivity index (χ0n) is 18.0. The number of esters is 1. The lowest BCUT2D eigenvalue weighted by Crippen LogP contribution is -2.25. The minimum atomic E-state index is -0.555. The first-order valence-electron chi connectivity index (χ1n) is 10.1. The van der Waals surface area contributed by atoms with E-state index in [1.54, 1.807) is 37.3 Å². The molecule has 0 fully saturated rings. The van der Waals surface area contributed by atoms with Gasteiger partial charge < -0.3 is 9.64 Å². The molecule has 0 N–H and O–H groups in total. The third-order valence-electron chi connectivity index (χ3n) is 5.05. The molecule has 6 nitrogen and oxygen atoms in total. The molecule has 0 spiro atoms. The highest BCUT2D eigenvalue weighted by Crippen LogP contribution is 2.22. The van der Waals surface area contributed by atoms with Crippen molar-refractivity contribution in [3.8, 4) is 0 Å². The van der Waals surface area contributed by atoms with Gasteiger partial charge in [0.05, 0.1) is 22.4 Å². The summed E-state index contributed by atoms with van der Waals surface area (Å²) in [6.07, 6.45) is 1.77. The van der Waals surface area contributed by atoms with Crippen molar-refractivity contribution in [2.45, 2.75) is 6.92 Å². The second kappa shape index (κ2) is 8.80. The normalized spacial score (nSPS) is 11.7. The van der Waals surface area contributed by atoms with Crippen LogP contribution in [0.2, 0.25) is 0 Å². The lowest BCUT2D eigenvalue weighted by atomic mass is 10.1. The molecule has 2 aromatic heterocycles. The Hall–Kier alpha value is -3.71. The molecule has 0 saturated heterocycles. The van der Waals surface area contributed by atoms with Crippen LogP contribution in [-0.2, 0) is 4.74 Å². The Balaban J connectivity index is 1.90. The summed E-state index contributed by atoms with van der Waals surface area (Å²) < 4.78 is 6.93. The van der Waals surface area contributed by atoms with E-state index in [1.165, 1.54) is 21.8 Å². The average molecular weight is 447 g/mol. The summed E-state index contributed by atoms with van der Waals surface area (Å²) in [4.78, 5) is 41.4. The standard InChI is InChI=1S/C25H22N2O4S/c1-4-31-25(30)19-15-20(22(28)17-8-6-5-7-9-17)27-23(29)21(32-24(19)27)14-16-10-12-18(13-11-16)26(2)3/h5-15H,4H2,1-3H3/b21-14+. The van der Waals surface area contributed by atoms with Crippen LogP contribution in [0.3, 0.4) is 0 Å². The van der Waals surface area contributed by atoms with Gasteiger partial charge in [0, 0.05) is 25.3 Å². The van der Waals surface area contributed by atoms with Gasteiger partial charge >= 0.3 is 5.97 Å². The molecule has 7 heteroatoms. The molecular weight excluding hydrogens is 424 g/mol. The van der Waals surface area contributed by atoms with Crippen LogP contribution >= 0.6 is 11.3 Å². The van der Waals surface area contributed by atoms with E-state index in [4.69, 9.17) is 4.74 Å². The molecule has 0 aliphatic rings. The van der Waals surface area contributed by atoms with Gasteiger partial charge in [-0.25, -0.2) is 4.79 Å². The number of anilines is 1. The number of carbonyl (C=O) groups is 2. The maximum Gasteiger partial charge on any atom is 0.341 e. The number of ketones is 1. The predicted molar refractivity (Wildman–Crippen MR) is 127 cm³/mol. The van der Waals surface area contributed by atoms with Crippen LogP contribution in [0.5, 0.6) is 0 Å². The number of carbonyl (C=O) groups excluding carboxylic acids is 2. The van der Waals surface area contributed by atoms with E-state index in [-0.39, 0.29) is 29.2 Å². The van der Waals surface area contributed by atoms with Crippen molar-refractivity contribution in [1.29, 1.82) is 0 Å². The fourth-order valence-corrected chi connectivity index (χ4v) is 4.53. The summed E-state index contributed by atoms with van der Waals surface area (Å²) in [5, 5.41) is 0. The Morgan fingerprint density at radius 3 is 2.38 bits per heavy atom. The minimum Gasteiger partial charge on any atom is -0.462 e. The van der Waals surface area contributed by atoms with Crippen LogP contribution < -0.4 is 15.0 Å². The fourth-order valence-electron chi connectivity index (χ4n) is 3.42. The largest absolute Gasteiger partial charge is 0.462 e. The number of thiazole rings is 1. The smallest absolute Gasteiger partial charge is 0.341 e. The summed E-state index contributed by atoms with van der Waals surface area (Å²) >= 11 is 1.17. The highest BCUT2D eigenvalue weighted by atomic mass is 32.1. The maximum absolute atomic E-state index is 13.3. The summed E-state index contributed by atoms with van der Waals surface area (Å²) in [5.41, 5.74) is 2.37. The third-order valence-corrected chi connectivity index (χ3v) is 6.16. The molecule has 4 aromatic rings. The Morgan fingerprint density at radius 2 is 1.75 bits per heavy atom. The van der Waals surface area contributed by atoms with Crippen LogP contribution in [0.1, 0.15) is 38.9 Å². The lowest BCUT2D eigenvalue weighted by Gasteiger charge is -2.11. The van der Waals surface area contributed by atoms with Crippen LogP contribution in [0, 0.1) is 0 Å². The Kier molecular flexibility index (Phi) is 5.92. The van der Waals surface area contributed by atoms with Crippen molar-refractivity contribution < 1.29 is 14.3 Å². The molecule has 0 unspecified atom stereocenters.